The van der Waals surface area contributed by atoms with Gasteiger partial charge < -0.3 is 0 Å². The molecular weight excluding hydrogens is 174 g/mol. The van der Waals surface area contributed by atoms with Crippen molar-refractivity contribution in [2.24, 2.45) is 0 Å². The van der Waals surface area contributed by atoms with Crippen molar-refractivity contribution in [3.63, 3.8) is 0 Å². The first-order valence-electron chi connectivity index (χ1n) is 4.75. The molecule has 0 amide bonds. The number of aromatic amines is 1. The van der Waals surface area contributed by atoms with Gasteiger partial charge in [-0.2, -0.15) is 0 Å². The Morgan fingerprint density at radius 3 is 2.50 bits per heavy atom. The van der Waals surface area contributed by atoms with E-state index in [4.69, 9.17) is 0 Å². The predicted molar refractivity (Wildman–Crippen MR) is 55.9 cm³/mol. The van der Waals surface area contributed by atoms with E-state index in [1.807, 2.05) is 30.3 Å². The molecule has 1 aromatic carbocycles. The third-order valence-electron chi connectivity index (χ3n) is 2.20. The first-order chi connectivity index (χ1) is 6.79. The molecule has 0 saturated heterocycles. The third kappa shape index (κ3) is 1.53. The maximum atomic E-state index is 4.10. The van der Waals surface area contributed by atoms with Gasteiger partial charge in [0.2, 0.25) is 0 Å². The minimum atomic E-state index is 0.417. The number of rotatable bonds is 2. The highest BCUT2D eigenvalue weighted by Crippen LogP contribution is 2.24. The molecule has 0 fully saturated rings. The number of hydrogen-bond donors (Lipinski definition) is 1. The highest BCUT2D eigenvalue weighted by molar-refractivity contribution is 5.61. The van der Waals surface area contributed by atoms with Gasteiger partial charge in [0.15, 0.2) is 0 Å². The van der Waals surface area contributed by atoms with Gasteiger partial charge in [-0.05, 0) is 5.92 Å². The zero-order valence-corrected chi connectivity index (χ0v) is 8.36. The van der Waals surface area contributed by atoms with Crippen LogP contribution in [0.3, 0.4) is 0 Å². The summed E-state index contributed by atoms with van der Waals surface area (Å²) in [6.07, 6.45) is 0. The molecule has 3 heteroatoms. The maximum Gasteiger partial charge on any atom is 0.116 e. The van der Waals surface area contributed by atoms with Crippen LogP contribution in [0.4, 0.5) is 0 Å². The van der Waals surface area contributed by atoms with Crippen molar-refractivity contribution in [3.8, 4) is 11.3 Å². The van der Waals surface area contributed by atoms with Gasteiger partial charge in [-0.3, -0.25) is 5.10 Å². The van der Waals surface area contributed by atoms with Crippen molar-refractivity contribution < 1.29 is 0 Å². The Morgan fingerprint density at radius 1 is 1.14 bits per heavy atom. The van der Waals surface area contributed by atoms with Crippen LogP contribution in [0.25, 0.3) is 11.3 Å². The first kappa shape index (κ1) is 8.94. The fourth-order valence-corrected chi connectivity index (χ4v) is 1.45. The number of hydrogen-bond acceptors (Lipinski definition) is 2. The van der Waals surface area contributed by atoms with Crippen molar-refractivity contribution >= 4 is 0 Å². The Bertz CT molecular complexity index is 403. The van der Waals surface area contributed by atoms with E-state index in [1.54, 1.807) is 0 Å². The van der Waals surface area contributed by atoms with Crippen molar-refractivity contribution in [1.29, 1.82) is 0 Å². The SMILES string of the molecule is CC(C)c1[nH]nnc1-c1ccccc1. The molecule has 72 valence electrons. The molecule has 2 aromatic rings. The second-order valence-electron chi connectivity index (χ2n) is 3.59. The van der Waals surface area contributed by atoms with Gasteiger partial charge in [0.05, 0.1) is 5.69 Å². The number of aromatic nitrogens is 3. The predicted octanol–water partition coefficient (Wildman–Crippen LogP) is 2.60. The molecule has 3 nitrogen and oxygen atoms in total. The lowest BCUT2D eigenvalue weighted by atomic mass is 10.0. The smallest absolute Gasteiger partial charge is 0.116 e. The average molecular weight is 187 g/mol. The van der Waals surface area contributed by atoms with Gasteiger partial charge in [0.25, 0.3) is 0 Å². The largest absolute Gasteiger partial charge is 0.261 e. The van der Waals surface area contributed by atoms with E-state index in [0.717, 1.165) is 17.0 Å². The summed E-state index contributed by atoms with van der Waals surface area (Å²) < 4.78 is 0. The van der Waals surface area contributed by atoms with Crippen LogP contribution in [-0.4, -0.2) is 15.4 Å². The van der Waals surface area contributed by atoms with Crippen molar-refractivity contribution in [1.82, 2.24) is 15.4 Å². The van der Waals surface area contributed by atoms with Crippen LogP contribution in [0, 0.1) is 0 Å². The zero-order chi connectivity index (χ0) is 9.97. The van der Waals surface area contributed by atoms with Gasteiger partial charge in [0, 0.05) is 5.56 Å². The number of benzene rings is 1. The van der Waals surface area contributed by atoms with Crippen molar-refractivity contribution in [2.75, 3.05) is 0 Å². The van der Waals surface area contributed by atoms with Crippen molar-refractivity contribution in [2.45, 2.75) is 19.8 Å². The first-order valence-corrected chi connectivity index (χ1v) is 4.75. The molecule has 2 rings (SSSR count). The van der Waals surface area contributed by atoms with Gasteiger partial charge >= 0.3 is 0 Å². The quantitative estimate of drug-likeness (QED) is 0.785. The lowest BCUT2D eigenvalue weighted by molar-refractivity contribution is 0.805. The number of nitrogens with one attached hydrogen (secondary N) is 1. The van der Waals surface area contributed by atoms with E-state index in [2.05, 4.69) is 29.3 Å². The Labute approximate surface area is 83.2 Å². The molecule has 14 heavy (non-hydrogen) atoms. The molecular formula is C11H13N3. The van der Waals surface area contributed by atoms with E-state index in [9.17, 15) is 0 Å². The van der Waals surface area contributed by atoms with Crippen LogP contribution in [0.2, 0.25) is 0 Å². The van der Waals surface area contributed by atoms with E-state index < -0.39 is 0 Å². The van der Waals surface area contributed by atoms with E-state index >= 15 is 0 Å². The summed E-state index contributed by atoms with van der Waals surface area (Å²) in [7, 11) is 0. The van der Waals surface area contributed by atoms with Gasteiger partial charge in [-0.25, -0.2) is 0 Å². The minimum absolute atomic E-state index is 0.417. The van der Waals surface area contributed by atoms with Crippen molar-refractivity contribution in [3.05, 3.63) is 36.0 Å². The zero-order valence-electron chi connectivity index (χ0n) is 8.36. The molecule has 0 unspecified atom stereocenters. The van der Waals surface area contributed by atoms with E-state index in [-0.39, 0.29) is 0 Å². The fourth-order valence-electron chi connectivity index (χ4n) is 1.45. The number of nitrogens with zero attached hydrogens (tertiary/aromatic N) is 2. The van der Waals surface area contributed by atoms with Crippen LogP contribution in [-0.2, 0) is 0 Å². The van der Waals surface area contributed by atoms with E-state index in [1.165, 1.54) is 0 Å². The van der Waals surface area contributed by atoms with Gasteiger partial charge in [0.1, 0.15) is 5.69 Å². The molecule has 0 radical (unpaired) electrons. The Hall–Kier alpha value is -1.64. The minimum Gasteiger partial charge on any atom is -0.261 e. The second-order valence-corrected chi connectivity index (χ2v) is 3.59. The highest BCUT2D eigenvalue weighted by Gasteiger charge is 2.11. The van der Waals surface area contributed by atoms with Gasteiger partial charge in [-0.1, -0.05) is 49.4 Å². The van der Waals surface area contributed by atoms with Crippen LogP contribution in [0.5, 0.6) is 0 Å². The molecule has 1 heterocycles. The van der Waals surface area contributed by atoms with Crippen LogP contribution < -0.4 is 0 Å². The molecule has 0 saturated carbocycles. The number of H-pyrrole nitrogens is 1. The van der Waals surface area contributed by atoms with Crippen LogP contribution in [0.1, 0.15) is 25.5 Å². The van der Waals surface area contributed by atoms with Gasteiger partial charge in [-0.15, -0.1) is 5.10 Å². The lowest BCUT2D eigenvalue weighted by Crippen LogP contribution is -1.91. The topological polar surface area (TPSA) is 41.6 Å². The molecule has 0 atom stereocenters. The molecule has 0 bridgehead atoms. The summed E-state index contributed by atoms with van der Waals surface area (Å²) in [4.78, 5) is 0. The Balaban J connectivity index is 2.47. The average Bonchev–Trinajstić information content (AvgIpc) is 2.67. The van der Waals surface area contributed by atoms with E-state index in [0.29, 0.717) is 5.92 Å². The molecule has 1 N–H and O–H groups in total. The summed E-state index contributed by atoms with van der Waals surface area (Å²) in [6.45, 7) is 4.25. The lowest BCUT2D eigenvalue weighted by Gasteiger charge is -2.03. The fraction of sp³-hybridized carbons (Fsp3) is 0.273. The molecule has 0 aliphatic rings. The normalized spacial score (nSPS) is 10.8. The second kappa shape index (κ2) is 3.62. The van der Waals surface area contributed by atoms with Crippen LogP contribution in [0.15, 0.2) is 30.3 Å². The summed E-state index contributed by atoms with van der Waals surface area (Å²) in [5.41, 5.74) is 3.17. The maximum absolute atomic E-state index is 4.10. The monoisotopic (exact) mass is 187 g/mol. The molecule has 1 aromatic heterocycles. The Kier molecular flexibility index (Phi) is 2.31. The molecule has 0 spiro atoms. The highest BCUT2D eigenvalue weighted by atomic mass is 15.3. The third-order valence-corrected chi connectivity index (χ3v) is 2.20. The summed E-state index contributed by atoms with van der Waals surface area (Å²) in [5.74, 6) is 0.417. The molecule has 0 aliphatic carbocycles. The standard InChI is InChI=1S/C11H13N3/c1-8(2)10-11(13-14-12-10)9-6-4-3-5-7-9/h3-8H,1-2H3,(H,12,13,14). The molecule has 0 aliphatic heterocycles. The summed E-state index contributed by atoms with van der Waals surface area (Å²) in [5, 5.41) is 10.9. The summed E-state index contributed by atoms with van der Waals surface area (Å²) in [6, 6.07) is 10.1. The Morgan fingerprint density at radius 2 is 1.86 bits per heavy atom. The summed E-state index contributed by atoms with van der Waals surface area (Å²) >= 11 is 0. The van der Waals surface area contributed by atoms with Crippen LogP contribution >= 0.6 is 0 Å².